The Bertz CT molecular complexity index is 1020. The van der Waals surface area contributed by atoms with Crippen molar-refractivity contribution in [1.82, 2.24) is 9.88 Å². The number of carbonyl (C=O) groups excluding carboxylic acids is 2. The first kappa shape index (κ1) is 18.1. The maximum atomic E-state index is 12.8. The van der Waals surface area contributed by atoms with Crippen LogP contribution in [0.5, 0.6) is 0 Å². The zero-order valence-electron chi connectivity index (χ0n) is 14.7. The molecule has 0 spiro atoms. The summed E-state index contributed by atoms with van der Waals surface area (Å²) in [6, 6.07) is 12.5. The molecule has 3 aromatic rings. The van der Waals surface area contributed by atoms with Gasteiger partial charge in [-0.05, 0) is 62.2 Å². The van der Waals surface area contributed by atoms with E-state index in [1.807, 2.05) is 37.3 Å². The highest BCUT2D eigenvalue weighted by molar-refractivity contribution is 9.10. The molecule has 1 unspecified atom stereocenters. The summed E-state index contributed by atoms with van der Waals surface area (Å²) in [7, 11) is 0. The standard InChI is InChI=1S/C20H18BrN3O2S/c1-12-22-16-9-8-15(11-18(16)27-12)23-19(25)17-3-2-10-24(17)20(26)13-4-6-14(21)7-5-13/h4-9,11,17H,2-3,10H2,1H3,(H,23,25). The molecule has 0 saturated carbocycles. The van der Waals surface area contributed by atoms with Gasteiger partial charge < -0.3 is 10.2 Å². The number of fused-ring (bicyclic) bond motifs is 1. The summed E-state index contributed by atoms with van der Waals surface area (Å²) in [4.78, 5) is 31.8. The Balaban J connectivity index is 1.51. The van der Waals surface area contributed by atoms with Crippen LogP contribution < -0.4 is 5.32 Å². The normalized spacial score (nSPS) is 16.7. The number of rotatable bonds is 3. The quantitative estimate of drug-likeness (QED) is 0.642. The third kappa shape index (κ3) is 3.75. The van der Waals surface area contributed by atoms with Crippen LogP contribution in [0.15, 0.2) is 46.9 Å². The molecule has 1 fully saturated rings. The number of anilines is 1. The van der Waals surface area contributed by atoms with Crippen LogP contribution in [0.2, 0.25) is 0 Å². The molecule has 4 rings (SSSR count). The minimum atomic E-state index is -0.444. The Morgan fingerprint density at radius 1 is 1.22 bits per heavy atom. The SMILES string of the molecule is Cc1nc2ccc(NC(=O)C3CCCN3C(=O)c3ccc(Br)cc3)cc2s1. The van der Waals surface area contributed by atoms with Gasteiger partial charge in [0, 0.05) is 22.3 Å². The van der Waals surface area contributed by atoms with Gasteiger partial charge in [0.2, 0.25) is 5.91 Å². The largest absolute Gasteiger partial charge is 0.327 e. The maximum Gasteiger partial charge on any atom is 0.254 e. The van der Waals surface area contributed by atoms with Gasteiger partial charge in [0.1, 0.15) is 6.04 Å². The third-order valence-electron chi connectivity index (χ3n) is 4.67. The Morgan fingerprint density at radius 2 is 2.00 bits per heavy atom. The Morgan fingerprint density at radius 3 is 2.78 bits per heavy atom. The van der Waals surface area contributed by atoms with E-state index in [4.69, 9.17) is 0 Å². The Kier molecular flexibility index (Phi) is 4.97. The summed E-state index contributed by atoms with van der Waals surface area (Å²) >= 11 is 4.97. The average molecular weight is 444 g/mol. The highest BCUT2D eigenvalue weighted by atomic mass is 79.9. The summed E-state index contributed by atoms with van der Waals surface area (Å²) < 4.78 is 1.96. The second-order valence-corrected chi connectivity index (χ2v) is 8.72. The van der Waals surface area contributed by atoms with E-state index in [0.29, 0.717) is 18.5 Å². The highest BCUT2D eigenvalue weighted by Gasteiger charge is 2.34. The Hall–Kier alpha value is -2.25. The molecule has 138 valence electrons. The van der Waals surface area contributed by atoms with Crippen LogP contribution in [-0.2, 0) is 4.79 Å². The molecular weight excluding hydrogens is 426 g/mol. The van der Waals surface area contributed by atoms with E-state index in [0.717, 1.165) is 31.8 Å². The second kappa shape index (κ2) is 7.40. The molecule has 5 nitrogen and oxygen atoms in total. The van der Waals surface area contributed by atoms with Crippen LogP contribution in [0.4, 0.5) is 5.69 Å². The number of carbonyl (C=O) groups is 2. The summed E-state index contributed by atoms with van der Waals surface area (Å²) in [6.07, 6.45) is 1.50. The van der Waals surface area contributed by atoms with E-state index in [1.54, 1.807) is 28.4 Å². The molecule has 0 bridgehead atoms. The number of nitrogens with zero attached hydrogens (tertiary/aromatic N) is 2. The summed E-state index contributed by atoms with van der Waals surface area (Å²) in [5.74, 6) is -0.243. The van der Waals surface area contributed by atoms with E-state index in [9.17, 15) is 9.59 Å². The first-order chi connectivity index (χ1) is 13.0. The number of thiazole rings is 1. The first-order valence-corrected chi connectivity index (χ1v) is 10.4. The molecule has 1 N–H and O–H groups in total. The molecule has 2 amide bonds. The minimum absolute atomic E-state index is 0.103. The number of hydrogen-bond acceptors (Lipinski definition) is 4. The topological polar surface area (TPSA) is 62.3 Å². The van der Waals surface area contributed by atoms with Crippen molar-refractivity contribution in [2.45, 2.75) is 25.8 Å². The summed E-state index contributed by atoms with van der Waals surface area (Å²) in [5.41, 5.74) is 2.27. The summed E-state index contributed by atoms with van der Waals surface area (Å²) in [6.45, 7) is 2.56. The maximum absolute atomic E-state index is 12.8. The first-order valence-electron chi connectivity index (χ1n) is 8.76. The number of amides is 2. The molecule has 7 heteroatoms. The van der Waals surface area contributed by atoms with Crippen molar-refractivity contribution in [2.24, 2.45) is 0 Å². The lowest BCUT2D eigenvalue weighted by Gasteiger charge is -2.24. The molecule has 1 atom stereocenters. The van der Waals surface area contributed by atoms with Crippen molar-refractivity contribution in [3.05, 3.63) is 57.5 Å². The van der Waals surface area contributed by atoms with Gasteiger partial charge in [-0.15, -0.1) is 11.3 Å². The van der Waals surface area contributed by atoms with E-state index < -0.39 is 6.04 Å². The number of halogens is 1. The van der Waals surface area contributed by atoms with Crippen LogP contribution in [-0.4, -0.2) is 34.3 Å². The Labute approximate surface area is 169 Å². The minimum Gasteiger partial charge on any atom is -0.327 e. The van der Waals surface area contributed by atoms with Gasteiger partial charge in [0.25, 0.3) is 5.91 Å². The van der Waals surface area contributed by atoms with E-state index in [2.05, 4.69) is 26.2 Å². The molecule has 1 aliphatic rings. The fourth-order valence-electron chi connectivity index (χ4n) is 3.38. The lowest BCUT2D eigenvalue weighted by Crippen LogP contribution is -2.43. The summed E-state index contributed by atoms with van der Waals surface area (Å²) in [5, 5.41) is 3.97. The zero-order chi connectivity index (χ0) is 19.0. The van der Waals surface area contributed by atoms with Crippen molar-refractivity contribution < 1.29 is 9.59 Å². The van der Waals surface area contributed by atoms with Gasteiger partial charge in [0.15, 0.2) is 0 Å². The monoisotopic (exact) mass is 443 g/mol. The molecule has 1 aromatic heterocycles. The second-order valence-electron chi connectivity index (χ2n) is 6.57. The predicted molar refractivity (Wildman–Crippen MR) is 111 cm³/mol. The van der Waals surface area contributed by atoms with Crippen LogP contribution in [0.25, 0.3) is 10.2 Å². The van der Waals surface area contributed by atoms with Crippen LogP contribution in [0, 0.1) is 6.92 Å². The molecule has 1 saturated heterocycles. The molecule has 2 heterocycles. The lowest BCUT2D eigenvalue weighted by molar-refractivity contribution is -0.119. The van der Waals surface area contributed by atoms with Crippen molar-refractivity contribution in [1.29, 1.82) is 0 Å². The van der Waals surface area contributed by atoms with Gasteiger partial charge in [-0.3, -0.25) is 9.59 Å². The van der Waals surface area contributed by atoms with Crippen LogP contribution in [0.1, 0.15) is 28.2 Å². The van der Waals surface area contributed by atoms with Gasteiger partial charge in [-0.1, -0.05) is 15.9 Å². The fraction of sp³-hybridized carbons (Fsp3) is 0.250. The number of benzene rings is 2. The molecule has 27 heavy (non-hydrogen) atoms. The van der Waals surface area contributed by atoms with E-state index in [-0.39, 0.29) is 11.8 Å². The van der Waals surface area contributed by atoms with E-state index >= 15 is 0 Å². The fourth-order valence-corrected chi connectivity index (χ4v) is 4.51. The van der Waals surface area contributed by atoms with Gasteiger partial charge in [-0.25, -0.2) is 4.98 Å². The molecule has 0 aliphatic carbocycles. The number of hydrogen-bond donors (Lipinski definition) is 1. The smallest absolute Gasteiger partial charge is 0.254 e. The molecule has 2 aromatic carbocycles. The zero-order valence-corrected chi connectivity index (χ0v) is 17.1. The van der Waals surface area contributed by atoms with Gasteiger partial charge in [-0.2, -0.15) is 0 Å². The van der Waals surface area contributed by atoms with Gasteiger partial charge in [0.05, 0.1) is 15.2 Å². The predicted octanol–water partition coefficient (Wildman–Crippen LogP) is 4.61. The lowest BCUT2D eigenvalue weighted by atomic mass is 10.1. The number of likely N-dealkylation sites (tertiary alicyclic amines) is 1. The third-order valence-corrected chi connectivity index (χ3v) is 6.13. The van der Waals surface area contributed by atoms with E-state index in [1.165, 1.54) is 0 Å². The highest BCUT2D eigenvalue weighted by Crippen LogP contribution is 2.26. The number of aryl methyl sites for hydroxylation is 1. The van der Waals surface area contributed by atoms with Gasteiger partial charge >= 0.3 is 0 Å². The number of nitrogens with one attached hydrogen (secondary N) is 1. The van der Waals surface area contributed by atoms with Crippen molar-refractivity contribution in [2.75, 3.05) is 11.9 Å². The number of aromatic nitrogens is 1. The molecular formula is C20H18BrN3O2S. The van der Waals surface area contributed by atoms with Crippen LogP contribution in [0.3, 0.4) is 0 Å². The molecule has 0 radical (unpaired) electrons. The van der Waals surface area contributed by atoms with Crippen molar-refractivity contribution in [3.8, 4) is 0 Å². The van der Waals surface area contributed by atoms with Crippen molar-refractivity contribution in [3.63, 3.8) is 0 Å². The van der Waals surface area contributed by atoms with Crippen molar-refractivity contribution >= 4 is 55.0 Å². The molecule has 1 aliphatic heterocycles. The average Bonchev–Trinajstić information content (AvgIpc) is 3.27. The van der Waals surface area contributed by atoms with Crippen LogP contribution >= 0.6 is 27.3 Å².